The maximum atomic E-state index is 13.8. The molecular formula is C15H14F4N4O. The van der Waals surface area contributed by atoms with E-state index in [-0.39, 0.29) is 11.8 Å². The molecule has 0 spiro atoms. The average Bonchev–Trinajstić information content (AvgIpc) is 2.54. The van der Waals surface area contributed by atoms with Crippen molar-refractivity contribution < 1.29 is 17.6 Å². The number of hydrogen-bond acceptors (Lipinski definition) is 4. The fourth-order valence-corrected chi connectivity index (χ4v) is 2.61. The van der Waals surface area contributed by atoms with Gasteiger partial charge in [0, 0.05) is 32.2 Å². The Kier molecular flexibility index (Phi) is 4.16. The second-order valence-corrected chi connectivity index (χ2v) is 5.38. The number of nitrogens with one attached hydrogen (secondary N) is 1. The van der Waals surface area contributed by atoms with Gasteiger partial charge in [-0.1, -0.05) is 12.1 Å². The van der Waals surface area contributed by atoms with E-state index < -0.39 is 17.4 Å². The fourth-order valence-electron chi connectivity index (χ4n) is 2.61. The van der Waals surface area contributed by atoms with E-state index in [2.05, 4.69) is 9.97 Å². The second kappa shape index (κ2) is 6.14. The van der Waals surface area contributed by atoms with E-state index in [4.69, 9.17) is 0 Å². The SMILES string of the molecule is O=c1cc(C(F)(F)F)nc(N2CCN(c3ccccc3F)CC2)[nH]1. The summed E-state index contributed by atoms with van der Waals surface area (Å²) in [5, 5.41) is 0. The van der Waals surface area contributed by atoms with E-state index in [0.717, 1.165) is 0 Å². The first-order valence-corrected chi connectivity index (χ1v) is 7.27. The molecule has 0 atom stereocenters. The number of para-hydroxylation sites is 1. The molecule has 0 bridgehead atoms. The Balaban J connectivity index is 1.77. The lowest BCUT2D eigenvalue weighted by molar-refractivity contribution is -0.141. The Morgan fingerprint density at radius 2 is 1.67 bits per heavy atom. The van der Waals surface area contributed by atoms with Crippen molar-refractivity contribution in [1.29, 1.82) is 0 Å². The van der Waals surface area contributed by atoms with Crippen molar-refractivity contribution >= 4 is 11.6 Å². The molecule has 1 aliphatic rings. The minimum Gasteiger partial charge on any atom is -0.366 e. The highest BCUT2D eigenvalue weighted by atomic mass is 19.4. The van der Waals surface area contributed by atoms with Gasteiger partial charge in [0.2, 0.25) is 5.95 Å². The molecule has 3 rings (SSSR count). The van der Waals surface area contributed by atoms with E-state index >= 15 is 0 Å². The lowest BCUT2D eigenvalue weighted by Gasteiger charge is -2.36. The highest BCUT2D eigenvalue weighted by Crippen LogP contribution is 2.28. The molecule has 1 aromatic heterocycles. The monoisotopic (exact) mass is 342 g/mol. The molecule has 1 aliphatic heterocycles. The van der Waals surface area contributed by atoms with Crippen LogP contribution >= 0.6 is 0 Å². The van der Waals surface area contributed by atoms with Gasteiger partial charge in [0.05, 0.1) is 5.69 Å². The van der Waals surface area contributed by atoms with Gasteiger partial charge in [0.15, 0.2) is 5.69 Å². The molecule has 0 aliphatic carbocycles. The van der Waals surface area contributed by atoms with Gasteiger partial charge in [-0.05, 0) is 12.1 Å². The van der Waals surface area contributed by atoms with E-state index in [1.165, 1.54) is 6.07 Å². The van der Waals surface area contributed by atoms with Crippen molar-refractivity contribution in [2.75, 3.05) is 36.0 Å². The molecule has 2 heterocycles. The average molecular weight is 342 g/mol. The fraction of sp³-hybridized carbons (Fsp3) is 0.333. The van der Waals surface area contributed by atoms with Crippen LogP contribution in [-0.2, 0) is 6.18 Å². The van der Waals surface area contributed by atoms with Crippen molar-refractivity contribution in [2.24, 2.45) is 0 Å². The number of rotatable bonds is 2. The Hall–Kier alpha value is -2.58. The van der Waals surface area contributed by atoms with Crippen molar-refractivity contribution in [3.05, 3.63) is 52.2 Å². The largest absolute Gasteiger partial charge is 0.433 e. The van der Waals surface area contributed by atoms with Crippen LogP contribution in [0.1, 0.15) is 5.69 Å². The molecule has 1 fully saturated rings. The van der Waals surface area contributed by atoms with Crippen molar-refractivity contribution in [3.63, 3.8) is 0 Å². The van der Waals surface area contributed by atoms with Crippen LogP contribution < -0.4 is 15.4 Å². The Bertz CT molecular complexity index is 782. The second-order valence-electron chi connectivity index (χ2n) is 5.38. The van der Waals surface area contributed by atoms with Crippen LogP contribution in [-0.4, -0.2) is 36.1 Å². The third-order valence-electron chi connectivity index (χ3n) is 3.79. The van der Waals surface area contributed by atoms with Crippen LogP contribution in [0, 0.1) is 5.82 Å². The lowest BCUT2D eigenvalue weighted by Crippen LogP contribution is -2.47. The first-order chi connectivity index (χ1) is 11.3. The molecule has 5 nitrogen and oxygen atoms in total. The molecular weight excluding hydrogens is 328 g/mol. The maximum absolute atomic E-state index is 13.8. The number of piperazine rings is 1. The molecule has 24 heavy (non-hydrogen) atoms. The molecule has 9 heteroatoms. The van der Waals surface area contributed by atoms with Crippen molar-refractivity contribution in [3.8, 4) is 0 Å². The first-order valence-electron chi connectivity index (χ1n) is 7.27. The van der Waals surface area contributed by atoms with Gasteiger partial charge in [0.25, 0.3) is 5.56 Å². The standard InChI is InChI=1S/C15H14F4N4O/c16-10-3-1-2-4-11(10)22-5-7-23(8-6-22)14-20-12(15(17,18)19)9-13(24)21-14/h1-4,9H,5-8H2,(H,20,21,24). The Morgan fingerprint density at radius 1 is 1.04 bits per heavy atom. The zero-order chi connectivity index (χ0) is 17.3. The highest BCUT2D eigenvalue weighted by Gasteiger charge is 2.34. The maximum Gasteiger partial charge on any atom is 0.433 e. The quantitative estimate of drug-likeness (QED) is 0.851. The van der Waals surface area contributed by atoms with Gasteiger partial charge in [-0.15, -0.1) is 0 Å². The number of aromatic amines is 1. The van der Waals surface area contributed by atoms with Crippen molar-refractivity contribution in [2.45, 2.75) is 6.18 Å². The summed E-state index contributed by atoms with van der Waals surface area (Å²) in [5.41, 5.74) is -1.63. The minimum atomic E-state index is -4.68. The predicted octanol–water partition coefficient (Wildman–Crippen LogP) is 2.25. The smallest absolute Gasteiger partial charge is 0.366 e. The summed E-state index contributed by atoms with van der Waals surface area (Å²) in [5.74, 6) is -0.473. The minimum absolute atomic E-state index is 0.122. The molecule has 1 saturated heterocycles. The molecule has 1 N–H and O–H groups in total. The number of alkyl halides is 3. The number of nitrogens with zero attached hydrogens (tertiary/aromatic N) is 3. The van der Waals surface area contributed by atoms with E-state index in [0.29, 0.717) is 37.9 Å². The van der Waals surface area contributed by atoms with Crippen molar-refractivity contribution in [1.82, 2.24) is 9.97 Å². The zero-order valence-electron chi connectivity index (χ0n) is 12.5. The van der Waals surface area contributed by atoms with Gasteiger partial charge in [-0.25, -0.2) is 9.37 Å². The number of aromatic nitrogens is 2. The number of hydrogen-bond donors (Lipinski definition) is 1. The highest BCUT2D eigenvalue weighted by molar-refractivity contribution is 5.49. The summed E-state index contributed by atoms with van der Waals surface area (Å²) in [6, 6.07) is 6.74. The summed E-state index contributed by atoms with van der Waals surface area (Å²) in [6.45, 7) is 1.44. The molecule has 0 radical (unpaired) electrons. The molecule has 128 valence electrons. The van der Waals surface area contributed by atoms with Gasteiger partial charge >= 0.3 is 6.18 Å². The van der Waals surface area contributed by atoms with E-state index in [9.17, 15) is 22.4 Å². The first kappa shape index (κ1) is 16.3. The lowest BCUT2D eigenvalue weighted by atomic mass is 10.2. The summed E-state index contributed by atoms with van der Waals surface area (Å²) in [6.07, 6.45) is -4.68. The third-order valence-corrected chi connectivity index (χ3v) is 3.79. The van der Waals surface area contributed by atoms with Crippen LogP contribution in [0.25, 0.3) is 0 Å². The molecule has 0 saturated carbocycles. The van der Waals surface area contributed by atoms with Gasteiger partial charge in [-0.3, -0.25) is 9.78 Å². The number of H-pyrrole nitrogens is 1. The third kappa shape index (κ3) is 3.34. The Morgan fingerprint density at radius 3 is 2.29 bits per heavy atom. The van der Waals surface area contributed by atoms with E-state index in [1.54, 1.807) is 28.0 Å². The number of anilines is 2. The van der Waals surface area contributed by atoms with Gasteiger partial charge in [-0.2, -0.15) is 13.2 Å². The molecule has 0 amide bonds. The Labute approximate surface area is 134 Å². The topological polar surface area (TPSA) is 52.2 Å². The van der Waals surface area contributed by atoms with Crippen LogP contribution in [0.15, 0.2) is 35.1 Å². The van der Waals surface area contributed by atoms with Gasteiger partial charge < -0.3 is 9.80 Å². The summed E-state index contributed by atoms with van der Waals surface area (Å²) in [7, 11) is 0. The molecule has 0 unspecified atom stereocenters. The van der Waals surface area contributed by atoms with Crippen LogP contribution in [0.3, 0.4) is 0 Å². The predicted molar refractivity (Wildman–Crippen MR) is 80.7 cm³/mol. The van der Waals surface area contributed by atoms with Crippen LogP contribution in [0.5, 0.6) is 0 Å². The summed E-state index contributed by atoms with van der Waals surface area (Å²) >= 11 is 0. The van der Waals surface area contributed by atoms with E-state index in [1.807, 2.05) is 0 Å². The summed E-state index contributed by atoms with van der Waals surface area (Å²) in [4.78, 5) is 20.6. The molecule has 1 aromatic carbocycles. The van der Waals surface area contributed by atoms with Crippen LogP contribution in [0.4, 0.5) is 29.2 Å². The number of halogens is 4. The molecule has 2 aromatic rings. The van der Waals surface area contributed by atoms with Gasteiger partial charge in [0.1, 0.15) is 5.82 Å². The van der Waals surface area contributed by atoms with Crippen LogP contribution in [0.2, 0.25) is 0 Å². The zero-order valence-corrected chi connectivity index (χ0v) is 12.5. The number of benzene rings is 1. The summed E-state index contributed by atoms with van der Waals surface area (Å²) < 4.78 is 52.1. The normalized spacial score (nSPS) is 15.7.